The van der Waals surface area contributed by atoms with Crippen LogP contribution in [-0.2, 0) is 0 Å². The Morgan fingerprint density at radius 3 is 3.06 bits per heavy atom. The average molecular weight is 329 g/mol. The Morgan fingerprint density at radius 1 is 1.38 bits per heavy atom. The van der Waals surface area contributed by atoms with Crippen molar-refractivity contribution >= 4 is 28.3 Å². The number of rotatable bonds is 1. The van der Waals surface area contributed by atoms with Crippen LogP contribution in [0, 0.1) is 0 Å². The zero-order valence-electron chi connectivity index (χ0n) is 9.37. The first-order chi connectivity index (χ1) is 7.81. The predicted molar refractivity (Wildman–Crippen MR) is 74.8 cm³/mol. The van der Waals surface area contributed by atoms with Gasteiger partial charge in [-0.1, -0.05) is 41.1 Å². The number of fused-ring (bicyclic) bond motifs is 3. The largest absolute Gasteiger partial charge is 0.495 e. The van der Waals surface area contributed by atoms with Gasteiger partial charge in [0.15, 0.2) is 0 Å². The van der Waals surface area contributed by atoms with Crippen LogP contribution in [-0.4, -0.2) is 17.1 Å². The zero-order valence-corrected chi connectivity index (χ0v) is 11.5. The van der Waals surface area contributed by atoms with Crippen molar-refractivity contribution in [2.45, 2.75) is 35.1 Å². The summed E-state index contributed by atoms with van der Waals surface area (Å²) < 4.78 is 6.18. The smallest absolute Gasteiger partial charge is 0.142 e. The third-order valence-electron chi connectivity index (χ3n) is 3.81. The highest BCUT2D eigenvalue weighted by Gasteiger charge is 2.39. The van der Waals surface area contributed by atoms with E-state index in [0.29, 0.717) is 12.0 Å². The van der Waals surface area contributed by atoms with Crippen LogP contribution >= 0.6 is 22.6 Å². The second-order valence-electron chi connectivity index (χ2n) is 4.65. The summed E-state index contributed by atoms with van der Waals surface area (Å²) in [4.78, 5) is 0. The lowest BCUT2D eigenvalue weighted by atomic mass is 9.83. The Labute approximate surface area is 110 Å². The van der Waals surface area contributed by atoms with Gasteiger partial charge in [-0.3, -0.25) is 0 Å². The average Bonchev–Trinajstić information content (AvgIpc) is 2.69. The van der Waals surface area contributed by atoms with Gasteiger partial charge < -0.3 is 10.1 Å². The third-order valence-corrected chi connectivity index (χ3v) is 5.20. The first-order valence-corrected chi connectivity index (χ1v) is 7.13. The monoisotopic (exact) mass is 329 g/mol. The quantitative estimate of drug-likeness (QED) is 0.628. The Bertz CT molecular complexity index is 407. The minimum atomic E-state index is 0.612. The SMILES string of the molecule is COc1cccc2c1N[C@H]1[C@H](I)CCC[C@@H]21. The van der Waals surface area contributed by atoms with E-state index in [0.717, 1.165) is 9.67 Å². The van der Waals surface area contributed by atoms with Gasteiger partial charge in [0, 0.05) is 15.9 Å². The van der Waals surface area contributed by atoms with Crippen molar-refractivity contribution in [1.82, 2.24) is 0 Å². The van der Waals surface area contributed by atoms with Gasteiger partial charge in [-0.2, -0.15) is 0 Å². The molecule has 0 aromatic heterocycles. The molecule has 3 rings (SSSR count). The molecule has 1 aliphatic heterocycles. The first kappa shape index (κ1) is 10.7. The van der Waals surface area contributed by atoms with Gasteiger partial charge in [0.1, 0.15) is 5.75 Å². The van der Waals surface area contributed by atoms with Gasteiger partial charge in [-0.05, 0) is 24.5 Å². The third kappa shape index (κ3) is 1.51. The molecule has 0 radical (unpaired) electrons. The van der Waals surface area contributed by atoms with E-state index in [1.54, 1.807) is 7.11 Å². The van der Waals surface area contributed by atoms with Crippen molar-refractivity contribution in [3.8, 4) is 5.75 Å². The van der Waals surface area contributed by atoms with Gasteiger partial charge in [-0.25, -0.2) is 0 Å². The van der Waals surface area contributed by atoms with Crippen molar-refractivity contribution in [2.24, 2.45) is 0 Å². The van der Waals surface area contributed by atoms with Crippen molar-refractivity contribution in [3.63, 3.8) is 0 Å². The number of anilines is 1. The predicted octanol–water partition coefficient (Wildman–Crippen LogP) is 3.56. The topological polar surface area (TPSA) is 21.3 Å². The number of alkyl halides is 1. The van der Waals surface area contributed by atoms with E-state index >= 15 is 0 Å². The van der Waals surface area contributed by atoms with E-state index in [1.165, 1.54) is 30.5 Å². The Hall–Kier alpha value is -0.450. The lowest BCUT2D eigenvalue weighted by Crippen LogP contribution is -2.34. The fraction of sp³-hybridized carbons (Fsp3) is 0.538. The number of ether oxygens (including phenoxy) is 1. The van der Waals surface area contributed by atoms with E-state index in [9.17, 15) is 0 Å². The molecule has 16 heavy (non-hydrogen) atoms. The number of benzene rings is 1. The van der Waals surface area contributed by atoms with E-state index in [2.05, 4.69) is 40.0 Å². The van der Waals surface area contributed by atoms with Crippen LogP contribution in [0.2, 0.25) is 0 Å². The van der Waals surface area contributed by atoms with E-state index in [-0.39, 0.29) is 0 Å². The Morgan fingerprint density at radius 2 is 2.25 bits per heavy atom. The molecule has 3 atom stereocenters. The van der Waals surface area contributed by atoms with E-state index in [4.69, 9.17) is 4.74 Å². The summed E-state index contributed by atoms with van der Waals surface area (Å²) in [5, 5.41) is 3.67. The van der Waals surface area contributed by atoms with Crippen LogP contribution < -0.4 is 10.1 Å². The lowest BCUT2D eigenvalue weighted by Gasteiger charge is -2.30. The normalized spacial score (nSPS) is 31.5. The molecular weight excluding hydrogens is 313 g/mol. The minimum absolute atomic E-state index is 0.612. The molecule has 1 saturated carbocycles. The second-order valence-corrected chi connectivity index (χ2v) is 6.25. The van der Waals surface area contributed by atoms with Gasteiger partial charge in [-0.15, -0.1) is 0 Å². The number of para-hydroxylation sites is 1. The molecule has 1 heterocycles. The van der Waals surface area contributed by atoms with Crippen LogP contribution in [0.4, 0.5) is 5.69 Å². The summed E-state index contributed by atoms with van der Waals surface area (Å²) in [5.74, 6) is 1.69. The molecule has 0 saturated heterocycles. The van der Waals surface area contributed by atoms with Gasteiger partial charge in [0.25, 0.3) is 0 Å². The maximum Gasteiger partial charge on any atom is 0.142 e. The highest BCUT2D eigenvalue weighted by Crippen LogP contribution is 2.48. The van der Waals surface area contributed by atoms with Crippen LogP contribution in [0.15, 0.2) is 18.2 Å². The second kappa shape index (κ2) is 4.09. The van der Waals surface area contributed by atoms with Gasteiger partial charge in [0.2, 0.25) is 0 Å². The summed E-state index contributed by atoms with van der Waals surface area (Å²) in [6, 6.07) is 7.02. The fourth-order valence-corrected chi connectivity index (χ4v) is 4.15. The molecule has 3 heteroatoms. The minimum Gasteiger partial charge on any atom is -0.495 e. The van der Waals surface area contributed by atoms with Crippen molar-refractivity contribution in [3.05, 3.63) is 23.8 Å². The molecule has 1 aromatic carbocycles. The Balaban J connectivity index is 2.02. The highest BCUT2D eigenvalue weighted by molar-refractivity contribution is 14.1. The number of hydrogen-bond acceptors (Lipinski definition) is 2. The molecule has 1 aromatic rings. The molecule has 0 amide bonds. The van der Waals surface area contributed by atoms with Crippen molar-refractivity contribution in [2.75, 3.05) is 12.4 Å². The maximum absolute atomic E-state index is 5.43. The Kier molecular flexibility index (Phi) is 2.73. The molecule has 1 aliphatic carbocycles. The molecule has 1 N–H and O–H groups in total. The zero-order chi connectivity index (χ0) is 11.1. The summed E-state index contributed by atoms with van der Waals surface area (Å²) in [5.41, 5.74) is 2.70. The fourth-order valence-electron chi connectivity index (χ4n) is 3.03. The van der Waals surface area contributed by atoms with Crippen LogP contribution in [0.5, 0.6) is 5.75 Å². The van der Waals surface area contributed by atoms with Crippen LogP contribution in [0.1, 0.15) is 30.7 Å². The molecule has 0 spiro atoms. The van der Waals surface area contributed by atoms with Crippen LogP contribution in [0.3, 0.4) is 0 Å². The molecule has 86 valence electrons. The van der Waals surface area contributed by atoms with Crippen molar-refractivity contribution in [1.29, 1.82) is 0 Å². The molecule has 1 fully saturated rings. The van der Waals surface area contributed by atoms with Gasteiger partial charge in [0.05, 0.1) is 12.8 Å². The summed E-state index contributed by atoms with van der Waals surface area (Å²) in [6.45, 7) is 0. The van der Waals surface area contributed by atoms with E-state index < -0.39 is 0 Å². The molecule has 2 aliphatic rings. The first-order valence-electron chi connectivity index (χ1n) is 5.89. The number of methoxy groups -OCH3 is 1. The number of hydrogen-bond donors (Lipinski definition) is 1. The molecular formula is C13H16INO. The van der Waals surface area contributed by atoms with Crippen LogP contribution in [0.25, 0.3) is 0 Å². The summed E-state index contributed by atoms with van der Waals surface area (Å²) >= 11 is 2.59. The summed E-state index contributed by atoms with van der Waals surface area (Å²) in [6.07, 6.45) is 4.01. The molecule has 2 nitrogen and oxygen atoms in total. The standard InChI is InChI=1S/C13H16INO/c1-16-11-7-3-5-9-8-4-2-6-10(14)12(8)15-13(9)11/h3,5,7-8,10,12,15H,2,4,6H2,1H3/t8-,10+,12+/m0/s1. The molecule has 0 bridgehead atoms. The maximum atomic E-state index is 5.43. The summed E-state index contributed by atoms with van der Waals surface area (Å²) in [7, 11) is 1.75. The molecule has 0 unspecified atom stereocenters. The number of nitrogens with one attached hydrogen (secondary N) is 1. The van der Waals surface area contributed by atoms with E-state index in [1.807, 2.05) is 6.07 Å². The highest BCUT2D eigenvalue weighted by atomic mass is 127. The van der Waals surface area contributed by atoms with Crippen molar-refractivity contribution < 1.29 is 4.74 Å². The number of halogens is 1. The van der Waals surface area contributed by atoms with Gasteiger partial charge >= 0.3 is 0 Å². The lowest BCUT2D eigenvalue weighted by molar-refractivity contribution is 0.416.